The Balaban J connectivity index is 1.59. The summed E-state index contributed by atoms with van der Waals surface area (Å²) in [5.74, 6) is 4.83. The van der Waals surface area contributed by atoms with E-state index in [-0.39, 0.29) is 0 Å². The van der Waals surface area contributed by atoms with Crippen LogP contribution in [-0.2, 0) is 9.53 Å². The van der Waals surface area contributed by atoms with Crippen molar-refractivity contribution in [2.24, 2.45) is 35.0 Å². The van der Waals surface area contributed by atoms with Gasteiger partial charge in [0.15, 0.2) is 0 Å². The van der Waals surface area contributed by atoms with E-state index in [1.54, 1.807) is 0 Å². The fourth-order valence-electron chi connectivity index (χ4n) is 7.21. The van der Waals surface area contributed by atoms with E-state index in [2.05, 4.69) is 6.92 Å². The first-order valence-electron chi connectivity index (χ1n) is 9.68. The minimum atomic E-state index is 0.431. The minimum Gasteiger partial charge on any atom is -0.381 e. The average Bonchev–Trinajstić information content (AvgIpc) is 2.74. The Morgan fingerprint density at radius 2 is 1.86 bits per heavy atom. The monoisotopic (exact) mass is 304 g/mol. The van der Waals surface area contributed by atoms with Crippen molar-refractivity contribution in [1.29, 1.82) is 0 Å². The standard InChI is InChI=1S/C20H32O2/c1-20-11-10-16-15-7-6-14(21)12-13(15)4-3-5-17(16)18(20)8-9-19(20)22-2/h13,15-19H,3-12H2,1-2H3/t13-,15-,16+,17+,18-,19-,20-/m0/s1. The maximum atomic E-state index is 11.9. The van der Waals surface area contributed by atoms with E-state index in [1.165, 1.54) is 51.4 Å². The molecule has 0 unspecified atom stereocenters. The van der Waals surface area contributed by atoms with Gasteiger partial charge in [-0.1, -0.05) is 13.3 Å². The van der Waals surface area contributed by atoms with Gasteiger partial charge in [0.05, 0.1) is 6.10 Å². The lowest BCUT2D eigenvalue weighted by Gasteiger charge is -2.51. The van der Waals surface area contributed by atoms with E-state index in [0.29, 0.717) is 17.3 Å². The molecule has 0 heterocycles. The fourth-order valence-corrected chi connectivity index (χ4v) is 7.21. The zero-order valence-electron chi connectivity index (χ0n) is 14.4. The molecule has 0 amide bonds. The number of methoxy groups -OCH3 is 1. The summed E-state index contributed by atoms with van der Waals surface area (Å²) in [6, 6.07) is 0. The zero-order valence-corrected chi connectivity index (χ0v) is 14.4. The Kier molecular flexibility index (Phi) is 3.87. The summed E-state index contributed by atoms with van der Waals surface area (Å²) in [6.45, 7) is 2.52. The number of hydrogen-bond donors (Lipinski definition) is 0. The van der Waals surface area contributed by atoms with Crippen molar-refractivity contribution in [2.75, 3.05) is 7.11 Å². The topological polar surface area (TPSA) is 26.3 Å². The summed E-state index contributed by atoms with van der Waals surface area (Å²) < 4.78 is 5.87. The summed E-state index contributed by atoms with van der Waals surface area (Å²) in [7, 11) is 1.92. The molecule has 0 aromatic carbocycles. The molecular weight excluding hydrogens is 272 g/mol. The van der Waals surface area contributed by atoms with Gasteiger partial charge in [-0.3, -0.25) is 4.79 Å². The number of rotatable bonds is 1. The van der Waals surface area contributed by atoms with Crippen LogP contribution >= 0.6 is 0 Å². The molecule has 0 spiro atoms. The quantitative estimate of drug-likeness (QED) is 0.707. The highest BCUT2D eigenvalue weighted by Gasteiger charge is 2.56. The minimum absolute atomic E-state index is 0.431. The van der Waals surface area contributed by atoms with Crippen molar-refractivity contribution in [2.45, 2.75) is 77.2 Å². The third-order valence-corrected chi connectivity index (χ3v) is 8.20. The third-order valence-electron chi connectivity index (χ3n) is 8.20. The summed E-state index contributed by atoms with van der Waals surface area (Å²) >= 11 is 0. The second kappa shape index (κ2) is 5.61. The molecule has 0 radical (unpaired) electrons. The van der Waals surface area contributed by atoms with Gasteiger partial charge in [0.2, 0.25) is 0 Å². The first kappa shape index (κ1) is 15.2. The molecule has 4 aliphatic rings. The molecule has 4 rings (SSSR count). The van der Waals surface area contributed by atoms with Crippen LogP contribution in [0.1, 0.15) is 71.1 Å². The van der Waals surface area contributed by atoms with Crippen LogP contribution in [0.15, 0.2) is 0 Å². The van der Waals surface area contributed by atoms with Crippen molar-refractivity contribution in [1.82, 2.24) is 0 Å². The van der Waals surface area contributed by atoms with E-state index < -0.39 is 0 Å². The van der Waals surface area contributed by atoms with Gasteiger partial charge in [0.25, 0.3) is 0 Å². The highest BCUT2D eigenvalue weighted by atomic mass is 16.5. The van der Waals surface area contributed by atoms with Crippen LogP contribution in [0.3, 0.4) is 0 Å². The second-order valence-electron chi connectivity index (χ2n) is 8.92. The van der Waals surface area contributed by atoms with Gasteiger partial charge >= 0.3 is 0 Å². The van der Waals surface area contributed by atoms with Gasteiger partial charge in [-0.15, -0.1) is 0 Å². The van der Waals surface area contributed by atoms with Crippen molar-refractivity contribution in [3.05, 3.63) is 0 Å². The van der Waals surface area contributed by atoms with Crippen LogP contribution in [0.4, 0.5) is 0 Å². The fraction of sp³-hybridized carbons (Fsp3) is 0.950. The Bertz CT molecular complexity index is 445. The Morgan fingerprint density at radius 3 is 2.68 bits per heavy atom. The van der Waals surface area contributed by atoms with Crippen molar-refractivity contribution in [3.63, 3.8) is 0 Å². The molecule has 2 nitrogen and oxygen atoms in total. The van der Waals surface area contributed by atoms with Crippen LogP contribution < -0.4 is 0 Å². The summed E-state index contributed by atoms with van der Waals surface area (Å²) in [4.78, 5) is 11.9. The Hall–Kier alpha value is -0.370. The van der Waals surface area contributed by atoms with Gasteiger partial charge in [-0.25, -0.2) is 0 Å². The summed E-state index contributed by atoms with van der Waals surface area (Å²) in [5, 5.41) is 0. The molecular formula is C20H32O2. The number of fused-ring (bicyclic) bond motifs is 5. The molecule has 22 heavy (non-hydrogen) atoms. The number of hydrogen-bond acceptors (Lipinski definition) is 2. The Labute approximate surface area is 135 Å². The molecule has 4 aliphatic carbocycles. The maximum absolute atomic E-state index is 11.9. The van der Waals surface area contributed by atoms with Crippen LogP contribution in [0.5, 0.6) is 0 Å². The number of ether oxygens (including phenoxy) is 1. The molecule has 0 saturated heterocycles. The van der Waals surface area contributed by atoms with E-state index in [9.17, 15) is 4.79 Å². The van der Waals surface area contributed by atoms with Gasteiger partial charge in [-0.05, 0) is 80.0 Å². The van der Waals surface area contributed by atoms with Gasteiger partial charge in [-0.2, -0.15) is 0 Å². The number of ketones is 1. The Morgan fingerprint density at radius 1 is 1.00 bits per heavy atom. The zero-order chi connectivity index (χ0) is 15.3. The van der Waals surface area contributed by atoms with Gasteiger partial charge in [0, 0.05) is 20.0 Å². The van der Waals surface area contributed by atoms with Crippen molar-refractivity contribution < 1.29 is 9.53 Å². The number of Topliss-reactive ketones (excluding diaryl/α,β-unsaturated/α-hetero) is 1. The SMILES string of the molecule is CO[C@H]1CC[C@H]2[C@@H]3CCC[C@H]4CC(=O)CC[C@@H]4[C@H]3CC[C@]12C. The molecule has 124 valence electrons. The predicted molar refractivity (Wildman–Crippen MR) is 87.5 cm³/mol. The molecule has 0 aliphatic heterocycles. The molecule has 0 aromatic heterocycles. The number of carbonyl (C=O) groups is 1. The number of carbonyl (C=O) groups excluding carboxylic acids is 1. The van der Waals surface area contributed by atoms with Crippen LogP contribution in [-0.4, -0.2) is 19.0 Å². The molecule has 0 bridgehead atoms. The summed E-state index contributed by atoms with van der Waals surface area (Å²) in [6.07, 6.45) is 13.0. The lowest BCUT2D eigenvalue weighted by atomic mass is 9.55. The predicted octanol–water partition coefficient (Wildman–Crippen LogP) is 4.61. The molecule has 4 fully saturated rings. The normalized spacial score (nSPS) is 51.6. The largest absolute Gasteiger partial charge is 0.381 e. The highest BCUT2D eigenvalue weighted by molar-refractivity contribution is 5.79. The summed E-state index contributed by atoms with van der Waals surface area (Å²) in [5.41, 5.74) is 0.431. The molecule has 2 heteroatoms. The molecule has 4 saturated carbocycles. The van der Waals surface area contributed by atoms with E-state index in [0.717, 1.165) is 42.4 Å². The average molecular weight is 304 g/mol. The lowest BCUT2D eigenvalue weighted by molar-refractivity contribution is -0.124. The van der Waals surface area contributed by atoms with Crippen molar-refractivity contribution >= 4 is 5.78 Å². The first-order chi connectivity index (χ1) is 10.6. The van der Waals surface area contributed by atoms with Gasteiger partial charge < -0.3 is 4.74 Å². The first-order valence-corrected chi connectivity index (χ1v) is 9.68. The third kappa shape index (κ3) is 2.20. The molecule has 0 aromatic rings. The van der Waals surface area contributed by atoms with E-state index in [1.807, 2.05) is 7.11 Å². The molecule has 0 N–H and O–H groups in total. The second-order valence-corrected chi connectivity index (χ2v) is 8.92. The van der Waals surface area contributed by atoms with E-state index >= 15 is 0 Å². The van der Waals surface area contributed by atoms with E-state index in [4.69, 9.17) is 4.74 Å². The maximum Gasteiger partial charge on any atom is 0.133 e. The highest BCUT2D eigenvalue weighted by Crippen LogP contribution is 2.61. The van der Waals surface area contributed by atoms with Crippen molar-refractivity contribution in [3.8, 4) is 0 Å². The smallest absolute Gasteiger partial charge is 0.133 e. The lowest BCUT2D eigenvalue weighted by Crippen LogP contribution is -2.46. The molecule has 7 atom stereocenters. The van der Waals surface area contributed by atoms with Crippen LogP contribution in [0, 0.1) is 35.0 Å². The van der Waals surface area contributed by atoms with Crippen LogP contribution in [0.25, 0.3) is 0 Å². The van der Waals surface area contributed by atoms with Crippen LogP contribution in [0.2, 0.25) is 0 Å². The van der Waals surface area contributed by atoms with Gasteiger partial charge in [0.1, 0.15) is 5.78 Å².